The zero-order valence-electron chi connectivity index (χ0n) is 12.9. The number of benzene rings is 1. The number of nitrogens with zero attached hydrogens (tertiary/aromatic N) is 2. The van der Waals surface area contributed by atoms with Gasteiger partial charge in [0.05, 0.1) is 11.3 Å². The van der Waals surface area contributed by atoms with E-state index in [1.54, 1.807) is 36.1 Å². The number of rotatable bonds is 5. The standard InChI is InChI=1S/C16H19N3O2S/c1-4-19(5-2)16(21)13-11(3)18-22-15(13)17-14(20)12-9-7-6-8-10-12/h6-10H,4-5H2,1-3H3,(H,17,20). The molecule has 0 fully saturated rings. The van der Waals surface area contributed by atoms with Gasteiger partial charge in [0.1, 0.15) is 5.00 Å². The topological polar surface area (TPSA) is 62.3 Å². The van der Waals surface area contributed by atoms with Gasteiger partial charge in [-0.25, -0.2) is 0 Å². The van der Waals surface area contributed by atoms with Gasteiger partial charge in [-0.1, -0.05) is 18.2 Å². The van der Waals surface area contributed by atoms with E-state index in [9.17, 15) is 9.59 Å². The summed E-state index contributed by atoms with van der Waals surface area (Å²) >= 11 is 1.14. The van der Waals surface area contributed by atoms with Crippen LogP contribution in [0.1, 0.15) is 40.3 Å². The maximum Gasteiger partial charge on any atom is 0.258 e. The summed E-state index contributed by atoms with van der Waals surface area (Å²) in [7, 11) is 0. The van der Waals surface area contributed by atoms with Gasteiger partial charge in [0, 0.05) is 18.7 Å². The maximum atomic E-state index is 12.6. The van der Waals surface area contributed by atoms with E-state index in [2.05, 4.69) is 9.69 Å². The molecule has 5 nitrogen and oxygen atoms in total. The first kappa shape index (κ1) is 16.2. The Kier molecular flexibility index (Phi) is 5.27. The molecule has 0 saturated heterocycles. The van der Waals surface area contributed by atoms with Gasteiger partial charge in [0.15, 0.2) is 0 Å². The van der Waals surface area contributed by atoms with E-state index in [1.807, 2.05) is 19.9 Å². The van der Waals surface area contributed by atoms with Crippen molar-refractivity contribution in [2.45, 2.75) is 20.8 Å². The molecule has 2 aromatic rings. The molecule has 0 aliphatic heterocycles. The molecule has 1 aromatic carbocycles. The zero-order chi connectivity index (χ0) is 16.1. The Morgan fingerprint density at radius 1 is 1.18 bits per heavy atom. The molecule has 1 N–H and O–H groups in total. The third-order valence-corrected chi connectivity index (χ3v) is 4.24. The fourth-order valence-corrected chi connectivity index (χ4v) is 2.92. The highest BCUT2D eigenvalue weighted by Crippen LogP contribution is 2.26. The Bertz CT molecular complexity index is 663. The minimum Gasteiger partial charge on any atom is -0.339 e. The molecule has 116 valence electrons. The van der Waals surface area contributed by atoms with E-state index in [-0.39, 0.29) is 11.8 Å². The number of carbonyl (C=O) groups excluding carboxylic acids is 2. The monoisotopic (exact) mass is 317 g/mol. The molecule has 0 aliphatic rings. The van der Waals surface area contributed by atoms with Crippen LogP contribution in [0.15, 0.2) is 30.3 Å². The molecule has 6 heteroatoms. The zero-order valence-corrected chi connectivity index (χ0v) is 13.7. The van der Waals surface area contributed by atoms with E-state index in [0.29, 0.717) is 34.9 Å². The van der Waals surface area contributed by atoms with Gasteiger partial charge in [-0.05, 0) is 44.4 Å². The summed E-state index contributed by atoms with van der Waals surface area (Å²) in [6, 6.07) is 8.91. The van der Waals surface area contributed by atoms with Gasteiger partial charge >= 0.3 is 0 Å². The molecule has 2 amide bonds. The van der Waals surface area contributed by atoms with E-state index >= 15 is 0 Å². The minimum absolute atomic E-state index is 0.0976. The van der Waals surface area contributed by atoms with Crippen molar-refractivity contribution in [3.8, 4) is 0 Å². The molecule has 0 unspecified atom stereocenters. The van der Waals surface area contributed by atoms with Crippen molar-refractivity contribution in [1.29, 1.82) is 0 Å². The van der Waals surface area contributed by atoms with Crippen LogP contribution >= 0.6 is 11.5 Å². The molecule has 1 aromatic heterocycles. The molecule has 2 rings (SSSR count). The predicted molar refractivity (Wildman–Crippen MR) is 88.5 cm³/mol. The first-order chi connectivity index (χ1) is 10.6. The lowest BCUT2D eigenvalue weighted by Gasteiger charge is -2.19. The average molecular weight is 317 g/mol. The number of hydrogen-bond donors (Lipinski definition) is 1. The molecule has 0 aliphatic carbocycles. The summed E-state index contributed by atoms with van der Waals surface area (Å²) in [5, 5.41) is 3.30. The number of amides is 2. The summed E-state index contributed by atoms with van der Waals surface area (Å²) in [4.78, 5) is 26.5. The molecule has 0 spiro atoms. The lowest BCUT2D eigenvalue weighted by Crippen LogP contribution is -2.31. The van der Waals surface area contributed by atoms with Crippen LogP contribution < -0.4 is 5.32 Å². The summed E-state index contributed by atoms with van der Waals surface area (Å²) in [6.07, 6.45) is 0. The van der Waals surface area contributed by atoms with E-state index in [4.69, 9.17) is 0 Å². The van der Waals surface area contributed by atoms with Gasteiger partial charge in [-0.3, -0.25) is 9.59 Å². The highest BCUT2D eigenvalue weighted by molar-refractivity contribution is 7.11. The third kappa shape index (κ3) is 3.33. The quantitative estimate of drug-likeness (QED) is 0.921. The summed E-state index contributed by atoms with van der Waals surface area (Å²) in [5.41, 5.74) is 1.68. The van der Waals surface area contributed by atoms with Crippen molar-refractivity contribution in [2.24, 2.45) is 0 Å². The van der Waals surface area contributed by atoms with Crippen molar-refractivity contribution < 1.29 is 9.59 Å². The van der Waals surface area contributed by atoms with Gasteiger partial charge in [-0.2, -0.15) is 4.37 Å². The summed E-state index contributed by atoms with van der Waals surface area (Å²) in [6.45, 7) is 6.89. The molecular formula is C16H19N3O2S. The first-order valence-electron chi connectivity index (χ1n) is 7.20. The van der Waals surface area contributed by atoms with Crippen LogP contribution in [0.5, 0.6) is 0 Å². The van der Waals surface area contributed by atoms with Crippen LogP contribution in [-0.2, 0) is 0 Å². The van der Waals surface area contributed by atoms with Crippen LogP contribution in [0.4, 0.5) is 5.00 Å². The molecule has 0 bridgehead atoms. The summed E-state index contributed by atoms with van der Waals surface area (Å²) in [5.74, 6) is -0.336. The van der Waals surface area contributed by atoms with Crippen molar-refractivity contribution in [3.05, 3.63) is 47.2 Å². The lowest BCUT2D eigenvalue weighted by molar-refractivity contribution is 0.0773. The van der Waals surface area contributed by atoms with Gasteiger partial charge < -0.3 is 10.2 Å². The Morgan fingerprint density at radius 3 is 2.41 bits per heavy atom. The largest absolute Gasteiger partial charge is 0.339 e. The molecule has 0 radical (unpaired) electrons. The predicted octanol–water partition coefficient (Wildman–Crippen LogP) is 3.19. The average Bonchev–Trinajstić information content (AvgIpc) is 2.89. The number of carbonyl (C=O) groups is 2. The Morgan fingerprint density at radius 2 is 1.82 bits per heavy atom. The second-order valence-electron chi connectivity index (χ2n) is 4.77. The van der Waals surface area contributed by atoms with Gasteiger partial charge in [-0.15, -0.1) is 0 Å². The van der Waals surface area contributed by atoms with Crippen molar-refractivity contribution in [1.82, 2.24) is 9.27 Å². The Labute approximate surface area is 134 Å². The lowest BCUT2D eigenvalue weighted by atomic mass is 10.2. The summed E-state index contributed by atoms with van der Waals surface area (Å²) < 4.78 is 4.21. The first-order valence-corrected chi connectivity index (χ1v) is 7.97. The second-order valence-corrected chi connectivity index (χ2v) is 5.54. The Hall–Kier alpha value is -2.21. The van der Waals surface area contributed by atoms with Crippen LogP contribution in [0.2, 0.25) is 0 Å². The molecule has 22 heavy (non-hydrogen) atoms. The smallest absolute Gasteiger partial charge is 0.258 e. The highest BCUT2D eigenvalue weighted by atomic mass is 32.1. The number of nitrogens with one attached hydrogen (secondary N) is 1. The van der Waals surface area contributed by atoms with Crippen LogP contribution in [0.25, 0.3) is 0 Å². The van der Waals surface area contributed by atoms with Crippen LogP contribution in [-0.4, -0.2) is 34.2 Å². The van der Waals surface area contributed by atoms with Gasteiger partial charge in [0.2, 0.25) is 0 Å². The van der Waals surface area contributed by atoms with Crippen molar-refractivity contribution >= 4 is 28.3 Å². The molecule has 0 atom stereocenters. The Balaban J connectivity index is 2.26. The maximum absolute atomic E-state index is 12.6. The van der Waals surface area contributed by atoms with Crippen molar-refractivity contribution in [2.75, 3.05) is 18.4 Å². The van der Waals surface area contributed by atoms with Crippen LogP contribution in [0.3, 0.4) is 0 Å². The van der Waals surface area contributed by atoms with E-state index < -0.39 is 0 Å². The van der Waals surface area contributed by atoms with Crippen molar-refractivity contribution in [3.63, 3.8) is 0 Å². The fourth-order valence-electron chi connectivity index (χ4n) is 2.14. The number of aryl methyl sites for hydroxylation is 1. The third-order valence-electron chi connectivity index (χ3n) is 3.39. The van der Waals surface area contributed by atoms with Gasteiger partial charge in [0.25, 0.3) is 11.8 Å². The fraction of sp³-hybridized carbons (Fsp3) is 0.312. The number of aromatic nitrogens is 1. The molecule has 0 saturated carbocycles. The van der Waals surface area contributed by atoms with E-state index in [0.717, 1.165) is 11.5 Å². The van der Waals surface area contributed by atoms with E-state index in [1.165, 1.54) is 0 Å². The number of anilines is 1. The highest BCUT2D eigenvalue weighted by Gasteiger charge is 2.23. The van der Waals surface area contributed by atoms with Crippen LogP contribution in [0, 0.1) is 6.92 Å². The minimum atomic E-state index is -0.238. The SMILES string of the molecule is CCN(CC)C(=O)c1c(C)nsc1NC(=O)c1ccccc1. The molecule has 1 heterocycles. The normalized spacial score (nSPS) is 10.3. The number of hydrogen-bond acceptors (Lipinski definition) is 4. The molecular weight excluding hydrogens is 298 g/mol. The second kappa shape index (κ2) is 7.17.